The first-order valence-corrected chi connectivity index (χ1v) is 11.6. The second kappa shape index (κ2) is 7.69. The van der Waals surface area contributed by atoms with Crippen LogP contribution in [0.15, 0.2) is 16.8 Å². The molecule has 4 aliphatic rings. The maximum Gasteiger partial charge on any atom is 0.332 e. The predicted molar refractivity (Wildman–Crippen MR) is 117 cm³/mol. The average Bonchev–Trinajstić information content (AvgIpc) is 3.03. The van der Waals surface area contributed by atoms with Crippen LogP contribution >= 0.6 is 0 Å². The minimum Gasteiger partial charge on any atom is -0.462 e. The van der Waals surface area contributed by atoms with Gasteiger partial charge in [0, 0.05) is 25.0 Å². The highest BCUT2D eigenvalue weighted by Gasteiger charge is 2.59. The van der Waals surface area contributed by atoms with E-state index in [9.17, 15) is 9.59 Å². The summed E-state index contributed by atoms with van der Waals surface area (Å²) in [5.74, 6) is 2.37. The zero-order valence-corrected chi connectivity index (χ0v) is 18.9. The molecule has 4 aliphatic carbocycles. The molecule has 7 atom stereocenters. The first-order valence-electron chi connectivity index (χ1n) is 11.6. The molecule has 0 unspecified atom stereocenters. The molecule has 3 fully saturated rings. The minimum absolute atomic E-state index is 0.0553. The fraction of sp³-hybridized carbons (Fsp3) is 0.792. The molecule has 0 saturated heterocycles. The van der Waals surface area contributed by atoms with Gasteiger partial charge >= 0.3 is 12.0 Å². The normalized spacial score (nSPS) is 43.0. The molecular weight excluding hydrogens is 378 g/mol. The van der Waals surface area contributed by atoms with E-state index in [-0.39, 0.29) is 22.9 Å². The quantitative estimate of drug-likeness (QED) is 0.307. The number of urea groups is 1. The summed E-state index contributed by atoms with van der Waals surface area (Å²) in [6.45, 7) is 8.48. The van der Waals surface area contributed by atoms with E-state index in [0.29, 0.717) is 23.7 Å². The van der Waals surface area contributed by atoms with Crippen molar-refractivity contribution in [2.45, 2.75) is 85.2 Å². The van der Waals surface area contributed by atoms with Gasteiger partial charge in [0.1, 0.15) is 6.10 Å². The Morgan fingerprint density at radius 2 is 1.90 bits per heavy atom. The number of ether oxygens (including phenoxy) is 1. The van der Waals surface area contributed by atoms with Gasteiger partial charge in [0.05, 0.1) is 0 Å². The molecule has 0 spiro atoms. The number of nitrogens with zero attached hydrogens (tertiary/aromatic N) is 1. The van der Waals surface area contributed by atoms with Crippen molar-refractivity contribution in [3.05, 3.63) is 11.6 Å². The summed E-state index contributed by atoms with van der Waals surface area (Å²) in [5, 5.41) is 4.30. The summed E-state index contributed by atoms with van der Waals surface area (Å²) in [7, 11) is 0. The highest BCUT2D eigenvalue weighted by Crippen LogP contribution is 2.66. The zero-order valence-electron chi connectivity index (χ0n) is 18.9. The van der Waals surface area contributed by atoms with E-state index < -0.39 is 6.03 Å². The van der Waals surface area contributed by atoms with Gasteiger partial charge in [-0.1, -0.05) is 25.5 Å². The van der Waals surface area contributed by atoms with E-state index in [1.54, 1.807) is 0 Å². The summed E-state index contributed by atoms with van der Waals surface area (Å²) in [6, 6.07) is -0.597. The number of carbonyl (C=O) groups is 2. The van der Waals surface area contributed by atoms with E-state index in [1.165, 1.54) is 31.8 Å². The highest BCUT2D eigenvalue weighted by molar-refractivity contribution is 5.86. The molecule has 6 nitrogen and oxygen atoms in total. The second-order valence-corrected chi connectivity index (χ2v) is 10.6. The maximum absolute atomic E-state index is 11.4. The third-order valence-electron chi connectivity index (χ3n) is 9.24. The Bertz CT molecular complexity index is 791. The third-order valence-corrected chi connectivity index (χ3v) is 9.24. The first kappa shape index (κ1) is 21.4. The van der Waals surface area contributed by atoms with Crippen LogP contribution in [0, 0.1) is 34.5 Å². The number of carbonyl (C=O) groups excluding carboxylic acids is 2. The summed E-state index contributed by atoms with van der Waals surface area (Å²) < 4.78 is 5.56. The van der Waals surface area contributed by atoms with Gasteiger partial charge < -0.3 is 10.5 Å². The number of hydrogen-bond donors (Lipinski definition) is 2. The van der Waals surface area contributed by atoms with Crippen molar-refractivity contribution in [3.8, 4) is 0 Å². The number of hydrogen-bond acceptors (Lipinski definition) is 4. The SMILES string of the molecule is CC(=O)O[C@@H]1CC[C@@]2(C)C(=CC[C@@H]3[C@H]4CC[C@@H](/C(C)=N/NC(N)=O)[C@]4(C)CC[C@H]32)C1. The summed E-state index contributed by atoms with van der Waals surface area (Å²) in [4.78, 5) is 22.5. The number of allylic oxidation sites excluding steroid dienone is 1. The highest BCUT2D eigenvalue weighted by atomic mass is 16.5. The summed E-state index contributed by atoms with van der Waals surface area (Å²) >= 11 is 0. The molecule has 6 heteroatoms. The lowest BCUT2D eigenvalue weighted by Crippen LogP contribution is -2.51. The minimum atomic E-state index is -0.597. The van der Waals surface area contributed by atoms with Crippen molar-refractivity contribution in [2.75, 3.05) is 0 Å². The van der Waals surface area contributed by atoms with E-state index in [4.69, 9.17) is 10.5 Å². The Labute approximate surface area is 180 Å². The molecule has 166 valence electrons. The number of rotatable bonds is 3. The topological polar surface area (TPSA) is 93.8 Å². The molecule has 0 bridgehead atoms. The summed E-state index contributed by atoms with van der Waals surface area (Å²) in [5.41, 5.74) is 10.7. The van der Waals surface area contributed by atoms with Crippen LogP contribution in [-0.4, -0.2) is 23.8 Å². The van der Waals surface area contributed by atoms with Crippen LogP contribution < -0.4 is 11.2 Å². The van der Waals surface area contributed by atoms with Crippen LogP contribution in [0.25, 0.3) is 0 Å². The predicted octanol–water partition coefficient (Wildman–Crippen LogP) is 4.54. The van der Waals surface area contributed by atoms with E-state index >= 15 is 0 Å². The van der Waals surface area contributed by atoms with Crippen molar-refractivity contribution in [2.24, 2.45) is 45.3 Å². The van der Waals surface area contributed by atoms with Crippen molar-refractivity contribution in [1.82, 2.24) is 5.43 Å². The summed E-state index contributed by atoms with van der Waals surface area (Å²) in [6.07, 6.45) is 11.5. The molecule has 4 rings (SSSR count). The van der Waals surface area contributed by atoms with Gasteiger partial charge in [-0.05, 0) is 80.5 Å². The molecule has 0 heterocycles. The van der Waals surface area contributed by atoms with Crippen LogP contribution in [0.5, 0.6) is 0 Å². The van der Waals surface area contributed by atoms with Gasteiger partial charge in [0.15, 0.2) is 0 Å². The van der Waals surface area contributed by atoms with Crippen LogP contribution in [-0.2, 0) is 9.53 Å². The second-order valence-electron chi connectivity index (χ2n) is 10.6. The smallest absolute Gasteiger partial charge is 0.332 e. The van der Waals surface area contributed by atoms with Crippen molar-refractivity contribution in [1.29, 1.82) is 0 Å². The molecule has 2 amide bonds. The number of fused-ring (bicyclic) bond motifs is 5. The van der Waals surface area contributed by atoms with Gasteiger partial charge in [-0.15, -0.1) is 0 Å². The average molecular weight is 416 g/mol. The Balaban J connectivity index is 1.54. The standard InChI is InChI=1S/C24H37N3O3/c1-14(26-27-22(25)29)19-7-8-20-18-6-5-16-13-17(30-15(2)28)9-11-23(16,3)21(18)10-12-24(19,20)4/h5,17-21H,6-13H2,1-4H3,(H3,25,27,29)/b26-14+/t17-,18-,19+,20-,21-,23+,24+/m1/s1. The van der Waals surface area contributed by atoms with E-state index in [2.05, 4.69) is 30.5 Å². The van der Waals surface area contributed by atoms with Gasteiger partial charge in [-0.2, -0.15) is 5.10 Å². The lowest BCUT2D eigenvalue weighted by molar-refractivity contribution is -0.148. The number of nitrogens with two attached hydrogens (primary N) is 1. The Kier molecular flexibility index (Phi) is 5.48. The monoisotopic (exact) mass is 415 g/mol. The number of hydrazone groups is 1. The first-order chi connectivity index (χ1) is 14.1. The molecule has 0 aromatic carbocycles. The zero-order chi connectivity index (χ0) is 21.7. The van der Waals surface area contributed by atoms with Gasteiger partial charge in [-0.3, -0.25) is 4.79 Å². The van der Waals surface area contributed by atoms with Gasteiger partial charge in [0.25, 0.3) is 0 Å². The number of amides is 2. The fourth-order valence-corrected chi connectivity index (χ4v) is 7.87. The molecule has 30 heavy (non-hydrogen) atoms. The van der Waals surface area contributed by atoms with Crippen molar-refractivity contribution >= 4 is 17.7 Å². The Morgan fingerprint density at radius 1 is 1.13 bits per heavy atom. The molecule has 3 saturated carbocycles. The number of nitrogens with one attached hydrogen (secondary N) is 1. The Hall–Kier alpha value is -1.85. The largest absolute Gasteiger partial charge is 0.462 e. The van der Waals surface area contributed by atoms with Crippen LogP contribution in [0.4, 0.5) is 4.79 Å². The number of esters is 1. The van der Waals surface area contributed by atoms with E-state index in [1.807, 2.05) is 6.92 Å². The van der Waals surface area contributed by atoms with Crippen LogP contribution in [0.1, 0.15) is 79.1 Å². The molecule has 3 N–H and O–H groups in total. The number of primary amides is 1. The molecule has 0 radical (unpaired) electrons. The van der Waals surface area contributed by atoms with Crippen LogP contribution in [0.2, 0.25) is 0 Å². The lowest BCUT2D eigenvalue weighted by atomic mass is 9.47. The molecule has 0 aliphatic heterocycles. The van der Waals surface area contributed by atoms with Crippen molar-refractivity contribution < 1.29 is 14.3 Å². The molecule has 0 aromatic heterocycles. The van der Waals surface area contributed by atoms with Gasteiger partial charge in [-0.25, -0.2) is 10.2 Å². The third kappa shape index (κ3) is 3.46. The lowest BCUT2D eigenvalue weighted by Gasteiger charge is -2.58. The molecular formula is C24H37N3O3. The van der Waals surface area contributed by atoms with Crippen molar-refractivity contribution in [3.63, 3.8) is 0 Å². The van der Waals surface area contributed by atoms with Crippen LogP contribution in [0.3, 0.4) is 0 Å². The molecule has 0 aromatic rings. The fourth-order valence-electron chi connectivity index (χ4n) is 7.87. The van der Waals surface area contributed by atoms with Gasteiger partial charge in [0.2, 0.25) is 0 Å². The van der Waals surface area contributed by atoms with E-state index in [0.717, 1.165) is 37.8 Å². The Morgan fingerprint density at radius 3 is 2.60 bits per heavy atom. The maximum atomic E-state index is 11.4.